The van der Waals surface area contributed by atoms with Crippen molar-refractivity contribution in [2.24, 2.45) is 0 Å². The maximum Gasteiger partial charge on any atom is 0.255 e. The molecule has 5 heteroatoms. The summed E-state index contributed by atoms with van der Waals surface area (Å²) in [4.78, 5) is 30.1. The van der Waals surface area contributed by atoms with Crippen LogP contribution in [0.4, 0.5) is 0 Å². The van der Waals surface area contributed by atoms with Gasteiger partial charge in [-0.25, -0.2) is 0 Å². The Morgan fingerprint density at radius 3 is 2.04 bits per heavy atom. The molecule has 2 aromatic carbocycles. The van der Waals surface area contributed by atoms with Crippen LogP contribution >= 0.6 is 11.8 Å². The van der Waals surface area contributed by atoms with Crippen LogP contribution in [0.25, 0.3) is 0 Å². The van der Waals surface area contributed by atoms with E-state index in [1.165, 1.54) is 0 Å². The molecule has 25 heavy (non-hydrogen) atoms. The predicted octanol–water partition coefficient (Wildman–Crippen LogP) is 3.40. The van der Waals surface area contributed by atoms with Crippen molar-refractivity contribution in [3.8, 4) is 0 Å². The van der Waals surface area contributed by atoms with Gasteiger partial charge in [0.05, 0.1) is 5.56 Å². The van der Waals surface area contributed by atoms with Crippen molar-refractivity contribution in [3.63, 3.8) is 0 Å². The Hall–Kier alpha value is -2.27. The first-order chi connectivity index (χ1) is 12.2. The molecular weight excluding hydrogens is 332 g/mol. The smallest absolute Gasteiger partial charge is 0.255 e. The fourth-order valence-corrected chi connectivity index (χ4v) is 3.77. The molecule has 0 spiro atoms. The number of benzene rings is 2. The van der Waals surface area contributed by atoms with Crippen molar-refractivity contribution in [1.82, 2.24) is 9.80 Å². The predicted molar refractivity (Wildman–Crippen MR) is 101 cm³/mol. The van der Waals surface area contributed by atoms with Gasteiger partial charge in [0.15, 0.2) is 0 Å². The average molecular weight is 354 g/mol. The van der Waals surface area contributed by atoms with Gasteiger partial charge in [-0.2, -0.15) is 0 Å². The van der Waals surface area contributed by atoms with E-state index in [0.717, 1.165) is 16.2 Å². The second-order valence-electron chi connectivity index (χ2n) is 5.88. The standard InChI is InChI=1S/C20H22N2O2S/c1-2-25-18-11-7-6-10-17(18)20(24)22-14-12-21(13-15-22)19(23)16-8-4-3-5-9-16/h3-11H,2,12-15H2,1H3. The van der Waals surface area contributed by atoms with E-state index in [2.05, 4.69) is 6.92 Å². The molecule has 2 amide bonds. The second kappa shape index (κ2) is 8.21. The Morgan fingerprint density at radius 1 is 0.840 bits per heavy atom. The van der Waals surface area contributed by atoms with E-state index < -0.39 is 0 Å². The molecule has 0 aliphatic carbocycles. The van der Waals surface area contributed by atoms with E-state index in [1.807, 2.05) is 64.4 Å². The SMILES string of the molecule is CCSc1ccccc1C(=O)N1CCN(C(=O)c2ccccc2)CC1. The molecule has 1 saturated heterocycles. The fraction of sp³-hybridized carbons (Fsp3) is 0.300. The minimum Gasteiger partial charge on any atom is -0.335 e. The van der Waals surface area contributed by atoms with E-state index in [-0.39, 0.29) is 11.8 Å². The zero-order chi connectivity index (χ0) is 17.6. The van der Waals surface area contributed by atoms with Crippen molar-refractivity contribution in [3.05, 3.63) is 65.7 Å². The van der Waals surface area contributed by atoms with Gasteiger partial charge in [-0.1, -0.05) is 37.3 Å². The van der Waals surface area contributed by atoms with Crippen molar-refractivity contribution < 1.29 is 9.59 Å². The van der Waals surface area contributed by atoms with Crippen LogP contribution in [-0.2, 0) is 0 Å². The Labute approximate surface area is 152 Å². The molecule has 0 radical (unpaired) electrons. The number of carbonyl (C=O) groups excluding carboxylic acids is 2. The van der Waals surface area contributed by atoms with Gasteiger partial charge in [0.1, 0.15) is 0 Å². The van der Waals surface area contributed by atoms with E-state index in [4.69, 9.17) is 0 Å². The van der Waals surface area contributed by atoms with Gasteiger partial charge < -0.3 is 9.80 Å². The van der Waals surface area contributed by atoms with Crippen LogP contribution in [0.2, 0.25) is 0 Å². The van der Waals surface area contributed by atoms with Gasteiger partial charge >= 0.3 is 0 Å². The number of hydrogen-bond donors (Lipinski definition) is 0. The summed E-state index contributed by atoms with van der Waals surface area (Å²) in [5.74, 6) is 1.03. The van der Waals surface area contributed by atoms with Crippen LogP contribution in [0, 0.1) is 0 Å². The van der Waals surface area contributed by atoms with Crippen molar-refractivity contribution in [2.45, 2.75) is 11.8 Å². The molecule has 0 bridgehead atoms. The van der Waals surface area contributed by atoms with E-state index >= 15 is 0 Å². The second-order valence-corrected chi connectivity index (χ2v) is 7.19. The summed E-state index contributed by atoms with van der Waals surface area (Å²) in [7, 11) is 0. The van der Waals surface area contributed by atoms with Crippen LogP contribution in [0.5, 0.6) is 0 Å². The summed E-state index contributed by atoms with van der Waals surface area (Å²) in [6.07, 6.45) is 0. The quantitative estimate of drug-likeness (QED) is 0.790. The molecule has 4 nitrogen and oxygen atoms in total. The third-order valence-electron chi connectivity index (χ3n) is 4.29. The van der Waals surface area contributed by atoms with Crippen molar-refractivity contribution in [1.29, 1.82) is 0 Å². The molecule has 3 rings (SSSR count). The topological polar surface area (TPSA) is 40.6 Å². The van der Waals surface area contributed by atoms with Crippen molar-refractivity contribution in [2.75, 3.05) is 31.9 Å². The van der Waals surface area contributed by atoms with Gasteiger partial charge in [0, 0.05) is 36.6 Å². The van der Waals surface area contributed by atoms with Gasteiger partial charge in [0.25, 0.3) is 11.8 Å². The Kier molecular flexibility index (Phi) is 5.76. The minimum absolute atomic E-state index is 0.0367. The number of hydrogen-bond acceptors (Lipinski definition) is 3. The molecule has 1 aliphatic heterocycles. The molecule has 0 N–H and O–H groups in total. The van der Waals surface area contributed by atoms with Gasteiger partial charge in [-0.15, -0.1) is 11.8 Å². The molecule has 130 valence electrons. The highest BCUT2D eigenvalue weighted by Gasteiger charge is 2.26. The zero-order valence-corrected chi connectivity index (χ0v) is 15.2. The highest BCUT2D eigenvalue weighted by Crippen LogP contribution is 2.24. The first kappa shape index (κ1) is 17.5. The molecular formula is C20H22N2O2S. The van der Waals surface area contributed by atoms with Crippen LogP contribution in [0.3, 0.4) is 0 Å². The number of nitrogens with zero attached hydrogens (tertiary/aromatic N) is 2. The summed E-state index contributed by atoms with van der Waals surface area (Å²) in [6.45, 7) is 4.37. The minimum atomic E-state index is 0.0367. The Morgan fingerprint density at radius 2 is 1.40 bits per heavy atom. The molecule has 1 heterocycles. The maximum absolute atomic E-state index is 12.9. The van der Waals surface area contributed by atoms with Gasteiger partial charge in [0.2, 0.25) is 0 Å². The van der Waals surface area contributed by atoms with Crippen LogP contribution < -0.4 is 0 Å². The Bertz CT molecular complexity index is 740. The van der Waals surface area contributed by atoms with Gasteiger partial charge in [-0.05, 0) is 30.0 Å². The first-order valence-corrected chi connectivity index (χ1v) is 9.54. The van der Waals surface area contributed by atoms with Crippen LogP contribution in [0.1, 0.15) is 27.6 Å². The first-order valence-electron chi connectivity index (χ1n) is 8.56. The number of thioether (sulfide) groups is 1. The van der Waals surface area contributed by atoms with Gasteiger partial charge in [-0.3, -0.25) is 9.59 Å². The highest BCUT2D eigenvalue weighted by atomic mass is 32.2. The number of carbonyl (C=O) groups is 2. The molecule has 2 aromatic rings. The van der Waals surface area contributed by atoms with Crippen LogP contribution in [-0.4, -0.2) is 53.5 Å². The molecule has 0 unspecified atom stereocenters. The lowest BCUT2D eigenvalue weighted by Gasteiger charge is -2.35. The summed E-state index contributed by atoms with van der Waals surface area (Å²) < 4.78 is 0. The molecule has 1 fully saturated rings. The number of piperazine rings is 1. The summed E-state index contributed by atoms with van der Waals surface area (Å²) in [5.41, 5.74) is 1.46. The molecule has 0 aromatic heterocycles. The lowest BCUT2D eigenvalue weighted by atomic mass is 10.1. The molecule has 0 atom stereocenters. The van der Waals surface area contributed by atoms with Crippen molar-refractivity contribution >= 4 is 23.6 Å². The third-order valence-corrected chi connectivity index (χ3v) is 5.25. The largest absolute Gasteiger partial charge is 0.335 e. The lowest BCUT2D eigenvalue weighted by molar-refractivity contribution is 0.0533. The summed E-state index contributed by atoms with van der Waals surface area (Å²) >= 11 is 1.68. The highest BCUT2D eigenvalue weighted by molar-refractivity contribution is 7.99. The monoisotopic (exact) mass is 354 g/mol. The third kappa shape index (κ3) is 4.04. The maximum atomic E-state index is 12.9. The fourth-order valence-electron chi connectivity index (χ4n) is 2.97. The van der Waals surface area contributed by atoms with Crippen LogP contribution in [0.15, 0.2) is 59.5 Å². The summed E-state index contributed by atoms with van der Waals surface area (Å²) in [5, 5.41) is 0. The number of rotatable bonds is 4. The molecule has 0 saturated carbocycles. The lowest BCUT2D eigenvalue weighted by Crippen LogP contribution is -2.50. The normalized spacial score (nSPS) is 14.4. The Balaban J connectivity index is 1.64. The average Bonchev–Trinajstić information content (AvgIpc) is 2.68. The summed E-state index contributed by atoms with van der Waals surface area (Å²) in [6, 6.07) is 17.1. The van der Waals surface area contributed by atoms with E-state index in [1.54, 1.807) is 11.8 Å². The van der Waals surface area contributed by atoms with E-state index in [9.17, 15) is 9.59 Å². The zero-order valence-electron chi connectivity index (χ0n) is 14.4. The van der Waals surface area contributed by atoms with E-state index in [0.29, 0.717) is 31.7 Å². The molecule has 1 aliphatic rings. The number of amides is 2.